The number of imidazole rings is 1. The van der Waals surface area contributed by atoms with Gasteiger partial charge in [-0.3, -0.25) is 14.5 Å². The Morgan fingerprint density at radius 3 is 2.47 bits per heavy atom. The molecule has 5 nitrogen and oxygen atoms in total. The average Bonchev–Trinajstić information content (AvgIpc) is 2.84. The van der Waals surface area contributed by atoms with Crippen molar-refractivity contribution in [2.24, 2.45) is 5.41 Å². The van der Waals surface area contributed by atoms with Crippen molar-refractivity contribution in [3.05, 3.63) is 18.2 Å². The van der Waals surface area contributed by atoms with Gasteiger partial charge in [-0.2, -0.15) is 0 Å². The Balaban J connectivity index is 1.59. The molecule has 0 bridgehead atoms. The number of aromatic nitrogens is 2. The highest BCUT2D eigenvalue weighted by molar-refractivity contribution is 6.02. The van der Waals surface area contributed by atoms with Crippen molar-refractivity contribution in [1.82, 2.24) is 14.9 Å². The number of likely N-dealkylation sites (tertiary alicyclic amines) is 1. The largest absolute Gasteiger partial charge is 0.347 e. The molecule has 1 aliphatic heterocycles. The summed E-state index contributed by atoms with van der Waals surface area (Å²) in [5, 5.41) is 0. The van der Waals surface area contributed by atoms with E-state index in [1.807, 2.05) is 6.20 Å². The molecule has 1 aromatic heterocycles. The molecular weight excluding hydrogens is 242 g/mol. The number of carbonyl (C=O) groups excluding carboxylic acids is 2. The highest BCUT2D eigenvalue weighted by Crippen LogP contribution is 2.42. The van der Waals surface area contributed by atoms with Crippen LogP contribution in [0, 0.1) is 5.41 Å². The van der Waals surface area contributed by atoms with Gasteiger partial charge in [0.05, 0.1) is 12.7 Å². The molecule has 102 valence electrons. The van der Waals surface area contributed by atoms with Crippen molar-refractivity contribution in [2.45, 2.75) is 38.6 Å². The highest BCUT2D eigenvalue weighted by atomic mass is 16.1. The lowest BCUT2D eigenvalue weighted by Gasteiger charge is -2.43. The van der Waals surface area contributed by atoms with Crippen LogP contribution in [0.15, 0.2) is 12.5 Å². The quantitative estimate of drug-likeness (QED) is 0.815. The summed E-state index contributed by atoms with van der Waals surface area (Å²) in [5.41, 5.74) is 1.09. The summed E-state index contributed by atoms with van der Waals surface area (Å²) in [4.78, 5) is 32.8. The molecule has 19 heavy (non-hydrogen) atoms. The lowest BCUT2D eigenvalue weighted by molar-refractivity contribution is -0.135. The SMILES string of the molecule is O=C1CC(=O)CC2(CCN(Cc3cnc[nH]3)CC2)C1. The van der Waals surface area contributed by atoms with Crippen molar-refractivity contribution in [3.8, 4) is 0 Å². The Bertz CT molecular complexity index is 455. The van der Waals surface area contributed by atoms with Gasteiger partial charge in [-0.1, -0.05) is 0 Å². The van der Waals surface area contributed by atoms with Crippen LogP contribution < -0.4 is 0 Å². The molecule has 0 aromatic carbocycles. The standard InChI is InChI=1S/C14H19N3O2/c18-12-5-13(19)7-14(6-12)1-3-17(4-2-14)9-11-8-15-10-16-11/h8,10H,1-7,9H2,(H,15,16). The molecule has 0 radical (unpaired) electrons. The number of nitrogens with zero attached hydrogens (tertiary/aromatic N) is 2. The van der Waals surface area contributed by atoms with Crippen LogP contribution in [-0.2, 0) is 16.1 Å². The molecule has 1 N–H and O–H groups in total. The number of ketones is 2. The predicted octanol–water partition coefficient (Wildman–Crippen LogP) is 1.31. The number of aromatic amines is 1. The second-order valence-electron chi connectivity index (χ2n) is 5.96. The Labute approximate surface area is 112 Å². The van der Waals surface area contributed by atoms with Gasteiger partial charge in [0.1, 0.15) is 11.6 Å². The first-order valence-corrected chi connectivity index (χ1v) is 6.88. The number of hydrogen-bond donors (Lipinski definition) is 1. The molecule has 1 saturated heterocycles. The number of carbonyl (C=O) groups is 2. The molecule has 5 heteroatoms. The lowest BCUT2D eigenvalue weighted by Crippen LogP contribution is -2.44. The summed E-state index contributed by atoms with van der Waals surface area (Å²) in [6.07, 6.45) is 6.83. The highest BCUT2D eigenvalue weighted by Gasteiger charge is 2.41. The fourth-order valence-electron chi connectivity index (χ4n) is 3.40. The van der Waals surface area contributed by atoms with E-state index < -0.39 is 0 Å². The maximum Gasteiger partial charge on any atom is 0.140 e. The van der Waals surface area contributed by atoms with Gasteiger partial charge in [0.2, 0.25) is 0 Å². The minimum atomic E-state index is -0.0309. The van der Waals surface area contributed by atoms with E-state index in [0.29, 0.717) is 12.8 Å². The Morgan fingerprint density at radius 2 is 1.89 bits per heavy atom. The van der Waals surface area contributed by atoms with Gasteiger partial charge in [-0.05, 0) is 31.3 Å². The molecule has 2 aliphatic rings. The lowest BCUT2D eigenvalue weighted by atomic mass is 9.67. The minimum absolute atomic E-state index is 0.0309. The van der Waals surface area contributed by atoms with E-state index in [1.54, 1.807) is 6.33 Å². The van der Waals surface area contributed by atoms with Gasteiger partial charge in [-0.25, -0.2) is 4.98 Å². The second-order valence-corrected chi connectivity index (χ2v) is 5.96. The molecule has 2 heterocycles. The summed E-state index contributed by atoms with van der Waals surface area (Å²) in [7, 11) is 0. The smallest absolute Gasteiger partial charge is 0.140 e. The molecule has 1 aromatic rings. The summed E-state index contributed by atoms with van der Waals surface area (Å²) in [6, 6.07) is 0. The third kappa shape index (κ3) is 2.76. The predicted molar refractivity (Wildman–Crippen MR) is 69.4 cm³/mol. The Hall–Kier alpha value is -1.49. The van der Waals surface area contributed by atoms with Crippen LogP contribution in [-0.4, -0.2) is 39.5 Å². The van der Waals surface area contributed by atoms with Gasteiger partial charge >= 0.3 is 0 Å². The average molecular weight is 261 g/mol. The number of Topliss-reactive ketones (excluding diaryl/α,β-unsaturated/α-hetero) is 2. The number of piperidine rings is 1. The van der Waals surface area contributed by atoms with Crippen molar-refractivity contribution < 1.29 is 9.59 Å². The van der Waals surface area contributed by atoms with Crippen molar-refractivity contribution >= 4 is 11.6 Å². The van der Waals surface area contributed by atoms with E-state index in [4.69, 9.17) is 0 Å². The van der Waals surface area contributed by atoms with E-state index in [-0.39, 0.29) is 23.4 Å². The Kier molecular flexibility index (Phi) is 3.22. The van der Waals surface area contributed by atoms with Crippen LogP contribution in [0.1, 0.15) is 37.8 Å². The molecular formula is C14H19N3O2. The van der Waals surface area contributed by atoms with E-state index >= 15 is 0 Å². The van der Waals surface area contributed by atoms with E-state index in [9.17, 15) is 9.59 Å². The first kappa shape index (κ1) is 12.5. The molecule has 3 rings (SSSR count). The van der Waals surface area contributed by atoms with Crippen molar-refractivity contribution in [2.75, 3.05) is 13.1 Å². The minimum Gasteiger partial charge on any atom is -0.347 e. The second kappa shape index (κ2) is 4.89. The van der Waals surface area contributed by atoms with Crippen molar-refractivity contribution in [3.63, 3.8) is 0 Å². The summed E-state index contributed by atoms with van der Waals surface area (Å²) < 4.78 is 0. The zero-order valence-electron chi connectivity index (χ0n) is 11.0. The maximum absolute atomic E-state index is 11.6. The van der Waals surface area contributed by atoms with Crippen LogP contribution in [0.4, 0.5) is 0 Å². The van der Waals surface area contributed by atoms with E-state index in [0.717, 1.165) is 38.2 Å². The fourth-order valence-corrected chi connectivity index (χ4v) is 3.40. The molecule has 0 atom stereocenters. The monoisotopic (exact) mass is 261 g/mol. The van der Waals surface area contributed by atoms with Gasteiger partial charge in [0, 0.05) is 31.3 Å². The molecule has 0 amide bonds. The van der Waals surface area contributed by atoms with Crippen LogP contribution in [0.5, 0.6) is 0 Å². The van der Waals surface area contributed by atoms with Gasteiger partial charge in [0.15, 0.2) is 0 Å². The number of rotatable bonds is 2. The van der Waals surface area contributed by atoms with Gasteiger partial charge < -0.3 is 4.98 Å². The molecule has 1 aliphatic carbocycles. The van der Waals surface area contributed by atoms with Crippen molar-refractivity contribution in [1.29, 1.82) is 0 Å². The first-order valence-electron chi connectivity index (χ1n) is 6.88. The van der Waals surface area contributed by atoms with E-state index in [1.165, 1.54) is 0 Å². The van der Waals surface area contributed by atoms with E-state index in [2.05, 4.69) is 14.9 Å². The fraction of sp³-hybridized carbons (Fsp3) is 0.643. The number of H-pyrrole nitrogens is 1. The summed E-state index contributed by atoms with van der Waals surface area (Å²) in [5.74, 6) is 0.275. The first-order chi connectivity index (χ1) is 9.15. The molecule has 0 unspecified atom stereocenters. The zero-order valence-corrected chi connectivity index (χ0v) is 11.0. The molecule has 2 fully saturated rings. The van der Waals surface area contributed by atoms with Gasteiger partial charge in [-0.15, -0.1) is 0 Å². The normalized spacial score (nSPS) is 24.0. The third-order valence-electron chi connectivity index (χ3n) is 4.40. The van der Waals surface area contributed by atoms with Gasteiger partial charge in [0.25, 0.3) is 0 Å². The van der Waals surface area contributed by atoms with Crippen LogP contribution in [0.2, 0.25) is 0 Å². The number of nitrogens with one attached hydrogen (secondary N) is 1. The third-order valence-corrected chi connectivity index (χ3v) is 4.40. The molecule has 1 saturated carbocycles. The maximum atomic E-state index is 11.6. The topological polar surface area (TPSA) is 66.1 Å². The molecule has 1 spiro atoms. The van der Waals surface area contributed by atoms with Crippen LogP contribution >= 0.6 is 0 Å². The summed E-state index contributed by atoms with van der Waals surface area (Å²) in [6.45, 7) is 2.79. The summed E-state index contributed by atoms with van der Waals surface area (Å²) >= 11 is 0. The number of hydrogen-bond acceptors (Lipinski definition) is 4. The Morgan fingerprint density at radius 1 is 1.21 bits per heavy atom. The van der Waals surface area contributed by atoms with Crippen LogP contribution in [0.25, 0.3) is 0 Å². The zero-order chi connectivity index (χ0) is 13.3. The van der Waals surface area contributed by atoms with Crippen LogP contribution in [0.3, 0.4) is 0 Å².